The van der Waals surface area contributed by atoms with Crippen molar-refractivity contribution in [2.24, 2.45) is 0 Å². The van der Waals surface area contributed by atoms with Crippen LogP contribution in [0.2, 0.25) is 10.0 Å². The lowest BCUT2D eigenvalue weighted by Gasteiger charge is -2.30. The summed E-state index contributed by atoms with van der Waals surface area (Å²) in [4.78, 5) is 17.5. The van der Waals surface area contributed by atoms with Gasteiger partial charge in [0.25, 0.3) is 0 Å². The molecular formula is C20H17Cl2N3O2. The highest BCUT2D eigenvalue weighted by atomic mass is 35.5. The molecule has 0 spiro atoms. The fourth-order valence-corrected chi connectivity index (χ4v) is 3.74. The number of carbonyl (C=O) groups is 1. The minimum Gasteiger partial charge on any atom is -0.463 e. The fourth-order valence-electron chi connectivity index (χ4n) is 3.44. The summed E-state index contributed by atoms with van der Waals surface area (Å²) in [5, 5.41) is 4.13. The molecule has 1 aliphatic rings. The molecule has 4 rings (SSSR count). The number of hydrogen-bond donors (Lipinski definition) is 1. The number of fused-ring (bicyclic) bond motifs is 3. The maximum absolute atomic E-state index is 12.8. The zero-order chi connectivity index (χ0) is 19.1. The molecule has 1 unspecified atom stereocenters. The van der Waals surface area contributed by atoms with Crippen molar-refractivity contribution in [2.75, 3.05) is 11.9 Å². The van der Waals surface area contributed by atoms with E-state index in [1.54, 1.807) is 19.1 Å². The van der Waals surface area contributed by atoms with E-state index in [-0.39, 0.29) is 5.97 Å². The second-order valence-corrected chi connectivity index (χ2v) is 7.07. The van der Waals surface area contributed by atoms with Crippen LogP contribution in [-0.2, 0) is 9.53 Å². The third-order valence-electron chi connectivity index (χ3n) is 4.59. The summed E-state index contributed by atoms with van der Waals surface area (Å²) in [6.45, 7) is 3.93. The lowest BCUT2D eigenvalue weighted by atomic mass is 9.95. The Bertz CT molecular complexity index is 1090. The van der Waals surface area contributed by atoms with E-state index in [4.69, 9.17) is 27.9 Å². The van der Waals surface area contributed by atoms with Gasteiger partial charge in [0.1, 0.15) is 0 Å². The van der Waals surface area contributed by atoms with Crippen molar-refractivity contribution in [2.45, 2.75) is 19.9 Å². The Morgan fingerprint density at radius 2 is 2.00 bits per heavy atom. The van der Waals surface area contributed by atoms with Crippen LogP contribution in [0.4, 0.5) is 5.95 Å². The molecular weight excluding hydrogens is 385 g/mol. The van der Waals surface area contributed by atoms with E-state index in [1.807, 2.05) is 41.8 Å². The summed E-state index contributed by atoms with van der Waals surface area (Å²) in [5.74, 6) is 0.292. The molecule has 0 saturated carbocycles. The van der Waals surface area contributed by atoms with E-state index in [9.17, 15) is 4.79 Å². The van der Waals surface area contributed by atoms with Gasteiger partial charge in [-0.3, -0.25) is 4.57 Å². The number of rotatable bonds is 3. The van der Waals surface area contributed by atoms with Crippen molar-refractivity contribution in [3.05, 3.63) is 69.3 Å². The Labute approximate surface area is 166 Å². The molecule has 5 nitrogen and oxygen atoms in total. The fraction of sp³-hybridized carbons (Fsp3) is 0.200. The number of imidazole rings is 1. The van der Waals surface area contributed by atoms with E-state index in [0.29, 0.717) is 33.9 Å². The standard InChI is InChI=1S/C20H17Cl2N3O2/c1-3-27-19(26)17-11(2)23-20-24-15-6-4-5-7-16(15)25(20)18(17)12-8-9-13(21)14(22)10-12/h4-10,18H,3H2,1-2H3,(H,23,24). The van der Waals surface area contributed by atoms with Gasteiger partial charge in [-0.05, 0) is 43.7 Å². The van der Waals surface area contributed by atoms with Crippen LogP contribution in [0, 0.1) is 0 Å². The molecule has 1 aliphatic heterocycles. The number of carbonyl (C=O) groups excluding carboxylic acids is 1. The molecule has 0 fully saturated rings. The molecule has 0 saturated heterocycles. The number of esters is 1. The summed E-state index contributed by atoms with van der Waals surface area (Å²) in [5.41, 5.74) is 3.80. The number of aromatic nitrogens is 2. The highest BCUT2D eigenvalue weighted by molar-refractivity contribution is 6.42. The molecule has 1 N–H and O–H groups in total. The predicted molar refractivity (Wildman–Crippen MR) is 107 cm³/mol. The summed E-state index contributed by atoms with van der Waals surface area (Å²) in [6, 6.07) is 12.7. The average molecular weight is 402 g/mol. The Morgan fingerprint density at radius 1 is 1.22 bits per heavy atom. The number of nitrogens with one attached hydrogen (secondary N) is 1. The number of benzene rings is 2. The Balaban J connectivity index is 1.99. The summed E-state index contributed by atoms with van der Waals surface area (Å²) < 4.78 is 7.33. The number of allylic oxidation sites excluding steroid dienone is 1. The normalized spacial score (nSPS) is 16.2. The van der Waals surface area contributed by atoms with E-state index in [2.05, 4.69) is 10.3 Å². The van der Waals surface area contributed by atoms with Gasteiger partial charge in [-0.2, -0.15) is 0 Å². The summed E-state index contributed by atoms with van der Waals surface area (Å²) in [6.07, 6.45) is 0. The highest BCUT2D eigenvalue weighted by Crippen LogP contribution is 2.40. The Kier molecular flexibility index (Phi) is 4.58. The van der Waals surface area contributed by atoms with E-state index in [0.717, 1.165) is 16.6 Å². The molecule has 7 heteroatoms. The molecule has 2 aromatic carbocycles. The smallest absolute Gasteiger partial charge is 0.338 e. The van der Waals surface area contributed by atoms with Crippen LogP contribution in [0.15, 0.2) is 53.7 Å². The van der Waals surface area contributed by atoms with Crippen LogP contribution in [0.25, 0.3) is 11.0 Å². The number of ether oxygens (including phenoxy) is 1. The maximum atomic E-state index is 12.8. The van der Waals surface area contributed by atoms with Crippen LogP contribution < -0.4 is 5.32 Å². The molecule has 0 aliphatic carbocycles. The van der Waals surface area contributed by atoms with E-state index >= 15 is 0 Å². The lowest BCUT2D eigenvalue weighted by molar-refractivity contribution is -0.139. The van der Waals surface area contributed by atoms with Crippen LogP contribution in [-0.4, -0.2) is 22.1 Å². The number of hydrogen-bond acceptors (Lipinski definition) is 4. The minimum atomic E-state index is -0.428. The van der Waals surface area contributed by atoms with Crippen LogP contribution in [0.5, 0.6) is 0 Å². The average Bonchev–Trinajstić information content (AvgIpc) is 3.00. The van der Waals surface area contributed by atoms with Gasteiger partial charge in [-0.1, -0.05) is 41.4 Å². The third kappa shape index (κ3) is 2.97. The van der Waals surface area contributed by atoms with Crippen molar-refractivity contribution in [3.63, 3.8) is 0 Å². The van der Waals surface area contributed by atoms with Crippen LogP contribution in [0.3, 0.4) is 0 Å². The number of nitrogens with zero attached hydrogens (tertiary/aromatic N) is 2. The number of anilines is 1. The summed E-state index contributed by atoms with van der Waals surface area (Å²) >= 11 is 12.4. The zero-order valence-electron chi connectivity index (χ0n) is 14.8. The number of halogens is 2. The minimum absolute atomic E-state index is 0.293. The van der Waals surface area contributed by atoms with Crippen molar-refractivity contribution in [1.82, 2.24) is 9.55 Å². The summed E-state index contributed by atoms with van der Waals surface area (Å²) in [7, 11) is 0. The monoisotopic (exact) mass is 401 g/mol. The van der Waals surface area contributed by atoms with Crippen molar-refractivity contribution >= 4 is 46.2 Å². The van der Waals surface area contributed by atoms with Gasteiger partial charge in [0.2, 0.25) is 5.95 Å². The molecule has 1 aromatic heterocycles. The van der Waals surface area contributed by atoms with E-state index < -0.39 is 6.04 Å². The first-order chi connectivity index (χ1) is 13.0. The quantitative estimate of drug-likeness (QED) is 0.613. The second-order valence-electron chi connectivity index (χ2n) is 6.25. The van der Waals surface area contributed by atoms with Gasteiger partial charge in [-0.15, -0.1) is 0 Å². The molecule has 27 heavy (non-hydrogen) atoms. The van der Waals surface area contributed by atoms with Gasteiger partial charge >= 0.3 is 5.97 Å². The van der Waals surface area contributed by atoms with Gasteiger partial charge in [0.05, 0.1) is 39.3 Å². The third-order valence-corrected chi connectivity index (χ3v) is 5.32. The predicted octanol–water partition coefficient (Wildman–Crippen LogP) is 5.20. The van der Waals surface area contributed by atoms with Gasteiger partial charge in [0, 0.05) is 5.70 Å². The Hall–Kier alpha value is -2.50. The molecule has 138 valence electrons. The topological polar surface area (TPSA) is 56.1 Å². The lowest BCUT2D eigenvalue weighted by Crippen LogP contribution is -2.29. The largest absolute Gasteiger partial charge is 0.463 e. The number of para-hydroxylation sites is 2. The molecule has 0 amide bonds. The highest BCUT2D eigenvalue weighted by Gasteiger charge is 2.35. The van der Waals surface area contributed by atoms with Crippen molar-refractivity contribution in [1.29, 1.82) is 0 Å². The SMILES string of the molecule is CCOC(=O)C1=C(C)Nc2nc3ccccc3n2C1c1ccc(Cl)c(Cl)c1. The van der Waals surface area contributed by atoms with Crippen molar-refractivity contribution in [3.8, 4) is 0 Å². The van der Waals surface area contributed by atoms with Gasteiger partial charge in [-0.25, -0.2) is 9.78 Å². The first-order valence-corrected chi connectivity index (χ1v) is 9.33. The first kappa shape index (κ1) is 17.9. The van der Waals surface area contributed by atoms with Crippen LogP contribution >= 0.6 is 23.2 Å². The zero-order valence-corrected chi connectivity index (χ0v) is 16.3. The maximum Gasteiger partial charge on any atom is 0.338 e. The van der Waals surface area contributed by atoms with Gasteiger partial charge in [0.15, 0.2) is 0 Å². The first-order valence-electron chi connectivity index (χ1n) is 8.58. The van der Waals surface area contributed by atoms with Crippen LogP contribution in [0.1, 0.15) is 25.5 Å². The van der Waals surface area contributed by atoms with E-state index in [1.165, 1.54) is 0 Å². The molecule has 1 atom stereocenters. The second kappa shape index (κ2) is 6.91. The molecule has 2 heterocycles. The van der Waals surface area contributed by atoms with Gasteiger partial charge < -0.3 is 10.1 Å². The molecule has 3 aromatic rings. The molecule has 0 radical (unpaired) electrons. The van der Waals surface area contributed by atoms with Crippen molar-refractivity contribution < 1.29 is 9.53 Å². The molecule has 0 bridgehead atoms. The Morgan fingerprint density at radius 3 is 2.74 bits per heavy atom.